The molecule has 0 aliphatic carbocycles. The highest BCUT2D eigenvalue weighted by molar-refractivity contribution is 7.92. The molecule has 0 aliphatic rings. The molecule has 0 saturated carbocycles. The average Bonchev–Trinajstić information content (AvgIpc) is 2.97. The molecule has 1 amide bonds. The van der Waals surface area contributed by atoms with Crippen LogP contribution >= 0.6 is 0 Å². The van der Waals surface area contributed by atoms with Crippen LogP contribution in [0.15, 0.2) is 28.7 Å². The Morgan fingerprint density at radius 2 is 1.78 bits per heavy atom. The highest BCUT2D eigenvalue weighted by atomic mass is 32.2. The maximum absolute atomic E-state index is 12.5. The molecule has 1 aromatic heterocycles. The molecule has 1 aromatic carbocycles. The van der Waals surface area contributed by atoms with Crippen LogP contribution in [0.2, 0.25) is 0 Å². The fourth-order valence-electron chi connectivity index (χ4n) is 3.13. The summed E-state index contributed by atoms with van der Waals surface area (Å²) in [5.74, 6) is 0.186. The fourth-order valence-corrected chi connectivity index (χ4v) is 4.51. The second kappa shape index (κ2) is 9.93. The Bertz CT molecular complexity index is 854. The van der Waals surface area contributed by atoms with Crippen LogP contribution in [-0.2, 0) is 27.6 Å². The van der Waals surface area contributed by atoms with E-state index < -0.39 is 15.6 Å². The minimum absolute atomic E-state index is 0.0802. The summed E-state index contributed by atoms with van der Waals surface area (Å²) in [4.78, 5) is 14.0. The zero-order valence-corrected chi connectivity index (χ0v) is 17.5. The first-order chi connectivity index (χ1) is 12.9. The van der Waals surface area contributed by atoms with Crippen molar-refractivity contribution in [1.82, 2.24) is 4.90 Å². The molecule has 5 nitrogen and oxygen atoms in total. The zero-order chi connectivity index (χ0) is 19.9. The number of hydrogen-bond donors (Lipinski definition) is 0. The molecule has 0 unspecified atom stereocenters. The third-order valence-electron chi connectivity index (χ3n) is 4.76. The fraction of sp³-hybridized carbons (Fsp3) is 0.571. The van der Waals surface area contributed by atoms with Crippen molar-refractivity contribution in [2.45, 2.75) is 58.9 Å². The Kier molecular flexibility index (Phi) is 7.90. The molecule has 6 heteroatoms. The van der Waals surface area contributed by atoms with Crippen LogP contribution in [0.4, 0.5) is 0 Å². The molecule has 1 heterocycles. The lowest BCUT2D eigenvalue weighted by Crippen LogP contribution is -2.33. The van der Waals surface area contributed by atoms with Gasteiger partial charge >= 0.3 is 0 Å². The van der Waals surface area contributed by atoms with Crippen molar-refractivity contribution >= 4 is 26.7 Å². The van der Waals surface area contributed by atoms with Crippen molar-refractivity contribution in [1.29, 1.82) is 0 Å². The quantitative estimate of drug-likeness (QED) is 0.533. The van der Waals surface area contributed by atoms with Crippen molar-refractivity contribution in [3.8, 4) is 0 Å². The van der Waals surface area contributed by atoms with Gasteiger partial charge < -0.3 is 9.32 Å². The number of aryl methyl sites for hydroxylation is 1. The monoisotopic (exact) mass is 393 g/mol. The van der Waals surface area contributed by atoms with Gasteiger partial charge in [0.1, 0.15) is 17.1 Å². The molecule has 0 N–H and O–H groups in total. The predicted octanol–water partition coefficient (Wildman–Crippen LogP) is 4.34. The third-order valence-corrected chi connectivity index (χ3v) is 6.36. The van der Waals surface area contributed by atoms with E-state index in [0.29, 0.717) is 13.0 Å². The molecule has 0 aliphatic heterocycles. The van der Waals surface area contributed by atoms with Crippen molar-refractivity contribution in [3.63, 3.8) is 0 Å². The maximum atomic E-state index is 12.5. The molecule has 0 atom stereocenters. The maximum Gasteiger partial charge on any atom is 0.237 e. The van der Waals surface area contributed by atoms with E-state index in [0.717, 1.165) is 54.4 Å². The van der Waals surface area contributed by atoms with Gasteiger partial charge in [0.05, 0.1) is 5.75 Å². The second-order valence-corrected chi connectivity index (χ2v) is 9.34. The molecule has 0 radical (unpaired) electrons. The van der Waals surface area contributed by atoms with E-state index in [2.05, 4.69) is 6.92 Å². The van der Waals surface area contributed by atoms with Gasteiger partial charge in [-0.1, -0.05) is 51.3 Å². The van der Waals surface area contributed by atoms with E-state index in [-0.39, 0.29) is 11.7 Å². The van der Waals surface area contributed by atoms with Crippen LogP contribution in [0.5, 0.6) is 0 Å². The topological polar surface area (TPSA) is 67.6 Å². The number of unbranched alkanes of at least 4 members (excludes halogenated alkanes) is 3. The number of para-hydroxylation sites is 1. The number of amides is 1. The van der Waals surface area contributed by atoms with Crippen molar-refractivity contribution in [3.05, 3.63) is 35.6 Å². The molecular weight excluding hydrogens is 362 g/mol. The lowest BCUT2D eigenvalue weighted by molar-refractivity contribution is -0.127. The van der Waals surface area contributed by atoms with Gasteiger partial charge in [0.25, 0.3) is 0 Å². The normalized spacial score (nSPS) is 11.8. The number of furan rings is 1. The summed E-state index contributed by atoms with van der Waals surface area (Å²) < 4.78 is 30.3. The zero-order valence-electron chi connectivity index (χ0n) is 16.7. The number of rotatable bonds is 11. The second-order valence-electron chi connectivity index (χ2n) is 7.15. The number of benzene rings is 1. The molecule has 2 rings (SSSR count). The molecule has 2 aromatic rings. The molecule has 0 spiro atoms. The Hall–Kier alpha value is -1.82. The van der Waals surface area contributed by atoms with Gasteiger partial charge in [-0.25, -0.2) is 8.42 Å². The van der Waals surface area contributed by atoms with Gasteiger partial charge in [0.2, 0.25) is 5.91 Å². The van der Waals surface area contributed by atoms with Gasteiger partial charge in [0.15, 0.2) is 9.84 Å². The average molecular weight is 394 g/mol. The minimum Gasteiger partial charge on any atom is -0.461 e. The number of carbonyl (C=O) groups excluding carboxylic acids is 1. The highest BCUT2D eigenvalue weighted by Gasteiger charge is 2.22. The summed E-state index contributed by atoms with van der Waals surface area (Å²) in [7, 11) is -1.70. The van der Waals surface area contributed by atoms with E-state index in [1.54, 1.807) is 7.05 Å². The predicted molar refractivity (Wildman–Crippen MR) is 109 cm³/mol. The Labute approximate surface area is 162 Å². The SMILES string of the molecule is CCCCCS(=O)(=O)CC(=O)N(C)Cc1c(CCCC)oc2ccccc12. The van der Waals surface area contributed by atoms with Crippen LogP contribution in [0.1, 0.15) is 57.3 Å². The standard InChI is InChI=1S/C21H31NO4S/c1-4-6-10-14-27(24,25)16-21(23)22(3)15-18-17-11-8-9-13-19(17)26-20(18)12-7-5-2/h8-9,11,13H,4-7,10,12,14-16H2,1-3H3. The van der Waals surface area contributed by atoms with E-state index in [1.165, 1.54) is 4.90 Å². The molecule has 27 heavy (non-hydrogen) atoms. The Morgan fingerprint density at radius 3 is 2.48 bits per heavy atom. The number of hydrogen-bond acceptors (Lipinski definition) is 4. The number of carbonyl (C=O) groups is 1. The lowest BCUT2D eigenvalue weighted by atomic mass is 10.1. The smallest absolute Gasteiger partial charge is 0.237 e. The van der Waals surface area contributed by atoms with Gasteiger partial charge in [-0.2, -0.15) is 0 Å². The Balaban J connectivity index is 2.12. The first kappa shape index (κ1) is 21.5. The van der Waals surface area contributed by atoms with Crippen molar-refractivity contribution < 1.29 is 17.6 Å². The summed E-state index contributed by atoms with van der Waals surface area (Å²) >= 11 is 0. The summed E-state index contributed by atoms with van der Waals surface area (Å²) in [6, 6.07) is 7.79. The lowest BCUT2D eigenvalue weighted by Gasteiger charge is -2.17. The Morgan fingerprint density at radius 1 is 1.07 bits per heavy atom. The van der Waals surface area contributed by atoms with Crippen LogP contribution < -0.4 is 0 Å². The first-order valence-electron chi connectivity index (χ1n) is 9.81. The number of sulfone groups is 1. The summed E-state index contributed by atoms with van der Waals surface area (Å²) in [6.45, 7) is 4.51. The molecule has 0 fully saturated rings. The van der Waals surface area contributed by atoms with Crippen LogP contribution in [0.3, 0.4) is 0 Å². The first-order valence-corrected chi connectivity index (χ1v) is 11.6. The summed E-state index contributed by atoms with van der Waals surface area (Å²) in [5, 5.41) is 0.994. The van der Waals surface area contributed by atoms with Crippen molar-refractivity contribution in [2.24, 2.45) is 0 Å². The van der Waals surface area contributed by atoms with E-state index in [1.807, 2.05) is 31.2 Å². The van der Waals surface area contributed by atoms with Crippen LogP contribution in [0.25, 0.3) is 11.0 Å². The largest absolute Gasteiger partial charge is 0.461 e. The van der Waals surface area contributed by atoms with Crippen molar-refractivity contribution in [2.75, 3.05) is 18.6 Å². The van der Waals surface area contributed by atoms with E-state index >= 15 is 0 Å². The molecular formula is C21H31NO4S. The van der Waals surface area contributed by atoms with Gasteiger partial charge in [-0.15, -0.1) is 0 Å². The number of fused-ring (bicyclic) bond motifs is 1. The summed E-state index contributed by atoms with van der Waals surface area (Å²) in [5.41, 5.74) is 1.80. The van der Waals surface area contributed by atoms with E-state index in [4.69, 9.17) is 4.42 Å². The van der Waals surface area contributed by atoms with E-state index in [9.17, 15) is 13.2 Å². The molecule has 150 valence electrons. The number of nitrogens with zero attached hydrogens (tertiary/aromatic N) is 1. The minimum atomic E-state index is -3.36. The van der Waals surface area contributed by atoms with Crippen LogP contribution in [0, 0.1) is 0 Å². The van der Waals surface area contributed by atoms with Gasteiger partial charge in [-0.3, -0.25) is 4.79 Å². The summed E-state index contributed by atoms with van der Waals surface area (Å²) in [6.07, 6.45) is 5.32. The highest BCUT2D eigenvalue weighted by Crippen LogP contribution is 2.28. The van der Waals surface area contributed by atoms with Gasteiger partial charge in [-0.05, 0) is 18.9 Å². The molecule has 0 bridgehead atoms. The molecule has 0 saturated heterocycles. The van der Waals surface area contributed by atoms with Crippen LogP contribution in [-0.4, -0.2) is 37.8 Å². The third kappa shape index (κ3) is 6.09. The van der Waals surface area contributed by atoms with Gasteiger partial charge in [0, 0.05) is 31.0 Å².